The number of esters is 1. The fourth-order valence-corrected chi connectivity index (χ4v) is 0.520. The quantitative estimate of drug-likeness (QED) is 0.206. The van der Waals surface area contributed by atoms with Gasteiger partial charge in [-0.05, 0) is 13.8 Å². The smallest absolute Gasteiger partial charge is 0.336 e. The molecule has 0 aliphatic rings. The number of methoxy groups -OCH3 is 1. The van der Waals surface area contributed by atoms with Gasteiger partial charge < -0.3 is 14.2 Å². The molecule has 0 bridgehead atoms. The second-order valence-electron chi connectivity index (χ2n) is 2.09. The third kappa shape index (κ3) is 4.73. The third-order valence-electron chi connectivity index (χ3n) is 1.04. The molecule has 0 atom stereocenters. The van der Waals surface area contributed by atoms with E-state index in [1.807, 2.05) is 0 Å². The predicted octanol–water partition coefficient (Wildman–Crippen LogP) is 1.07. The Hall–Kier alpha value is -1.03. The van der Waals surface area contributed by atoms with Gasteiger partial charge in [0.15, 0.2) is 6.79 Å². The Balaban J connectivity index is 3.74. The first-order valence-corrected chi connectivity index (χ1v) is 3.66. The van der Waals surface area contributed by atoms with E-state index in [-0.39, 0.29) is 12.8 Å². The molecule has 0 heterocycles. The highest BCUT2D eigenvalue weighted by molar-refractivity contribution is 5.87. The second-order valence-corrected chi connectivity index (χ2v) is 2.09. The predicted molar refractivity (Wildman–Crippen MR) is 43.4 cm³/mol. The number of carbonyl (C=O) groups excluding carboxylic acids is 1. The van der Waals surface area contributed by atoms with Crippen molar-refractivity contribution in [1.29, 1.82) is 0 Å². The van der Waals surface area contributed by atoms with E-state index in [1.165, 1.54) is 13.4 Å². The molecule has 0 amide bonds. The zero-order valence-electron chi connectivity index (χ0n) is 7.62. The molecule has 70 valence electrons. The summed E-state index contributed by atoms with van der Waals surface area (Å²) in [6.07, 6.45) is 1.32. The first-order valence-electron chi connectivity index (χ1n) is 3.66. The van der Waals surface area contributed by atoms with Crippen molar-refractivity contribution in [2.24, 2.45) is 0 Å². The van der Waals surface area contributed by atoms with Crippen molar-refractivity contribution in [1.82, 2.24) is 0 Å². The van der Waals surface area contributed by atoms with Gasteiger partial charge in [0.2, 0.25) is 0 Å². The first kappa shape index (κ1) is 11.0. The number of carbonyl (C=O) groups is 1. The highest BCUT2D eigenvalue weighted by Crippen LogP contribution is 1.96. The van der Waals surface area contributed by atoms with Crippen LogP contribution in [-0.4, -0.2) is 26.5 Å². The molecule has 0 aliphatic heterocycles. The number of rotatable bonds is 5. The molecule has 4 heteroatoms. The molecule has 0 N–H and O–H groups in total. The molecule has 0 fully saturated rings. The van der Waals surface area contributed by atoms with Crippen LogP contribution in [0.4, 0.5) is 0 Å². The van der Waals surface area contributed by atoms with Gasteiger partial charge in [-0.2, -0.15) is 0 Å². The minimum Gasteiger partial charge on any atom is -0.475 e. The molecule has 0 aromatic rings. The molecule has 0 saturated carbocycles. The van der Waals surface area contributed by atoms with Gasteiger partial charge in [0.1, 0.15) is 0 Å². The summed E-state index contributed by atoms with van der Waals surface area (Å²) < 4.78 is 14.1. The van der Waals surface area contributed by atoms with Crippen LogP contribution in [0.15, 0.2) is 11.8 Å². The molecular weight excluding hydrogens is 160 g/mol. The van der Waals surface area contributed by atoms with Crippen molar-refractivity contribution in [2.45, 2.75) is 13.8 Å². The summed E-state index contributed by atoms with van der Waals surface area (Å²) in [7, 11) is 1.51. The second kappa shape index (κ2) is 6.67. The van der Waals surface area contributed by atoms with E-state index >= 15 is 0 Å². The van der Waals surface area contributed by atoms with Gasteiger partial charge >= 0.3 is 5.97 Å². The van der Waals surface area contributed by atoms with Crippen LogP contribution in [0, 0.1) is 0 Å². The normalized spacial score (nSPS) is 11.1. The lowest BCUT2D eigenvalue weighted by Crippen LogP contribution is -2.05. The largest absolute Gasteiger partial charge is 0.475 e. The van der Waals surface area contributed by atoms with Crippen LogP contribution in [0.2, 0.25) is 0 Å². The molecule has 0 radical (unpaired) electrons. The summed E-state index contributed by atoms with van der Waals surface area (Å²) in [6, 6.07) is 0. The summed E-state index contributed by atoms with van der Waals surface area (Å²) in [5, 5.41) is 0. The molecule has 0 aromatic carbocycles. The molecule has 0 spiro atoms. The zero-order valence-corrected chi connectivity index (χ0v) is 7.62. The molecule has 0 rings (SSSR count). The van der Waals surface area contributed by atoms with Gasteiger partial charge in [-0.3, -0.25) is 0 Å². The Morgan fingerprint density at radius 1 is 1.50 bits per heavy atom. The number of ether oxygens (including phenoxy) is 3. The van der Waals surface area contributed by atoms with Crippen LogP contribution >= 0.6 is 0 Å². The first-order chi connectivity index (χ1) is 5.72. The summed E-state index contributed by atoms with van der Waals surface area (Å²) in [4.78, 5) is 10.9. The van der Waals surface area contributed by atoms with Crippen molar-refractivity contribution in [2.75, 3.05) is 20.5 Å². The topological polar surface area (TPSA) is 44.8 Å². The lowest BCUT2D eigenvalue weighted by molar-refractivity contribution is -0.138. The van der Waals surface area contributed by atoms with Crippen LogP contribution in [0.3, 0.4) is 0 Å². The van der Waals surface area contributed by atoms with Gasteiger partial charge in [0, 0.05) is 7.11 Å². The molecule has 0 saturated heterocycles. The SMILES string of the molecule is CCOC(=O)/C(C)=C/OCOC. The van der Waals surface area contributed by atoms with E-state index in [1.54, 1.807) is 13.8 Å². The minimum absolute atomic E-state index is 0.136. The fraction of sp³-hybridized carbons (Fsp3) is 0.625. The van der Waals surface area contributed by atoms with E-state index in [0.29, 0.717) is 12.2 Å². The van der Waals surface area contributed by atoms with Gasteiger partial charge in [0.25, 0.3) is 0 Å². The molecule has 0 aromatic heterocycles. The van der Waals surface area contributed by atoms with E-state index in [4.69, 9.17) is 9.47 Å². The maximum absolute atomic E-state index is 10.9. The number of hydrogen-bond acceptors (Lipinski definition) is 4. The Morgan fingerprint density at radius 3 is 2.67 bits per heavy atom. The molecule has 12 heavy (non-hydrogen) atoms. The van der Waals surface area contributed by atoms with Crippen LogP contribution in [-0.2, 0) is 19.0 Å². The van der Waals surface area contributed by atoms with Crippen molar-refractivity contribution in [3.63, 3.8) is 0 Å². The standard InChI is InChI=1S/C8H14O4/c1-4-12-8(9)7(2)5-11-6-10-3/h5H,4,6H2,1-3H3/b7-5+. The van der Waals surface area contributed by atoms with Gasteiger partial charge in [-0.25, -0.2) is 4.79 Å². The van der Waals surface area contributed by atoms with Crippen LogP contribution in [0.5, 0.6) is 0 Å². The van der Waals surface area contributed by atoms with Crippen molar-refractivity contribution in [3.05, 3.63) is 11.8 Å². The monoisotopic (exact) mass is 174 g/mol. The van der Waals surface area contributed by atoms with Crippen molar-refractivity contribution in [3.8, 4) is 0 Å². The van der Waals surface area contributed by atoms with Crippen LogP contribution in [0.1, 0.15) is 13.8 Å². The lowest BCUT2D eigenvalue weighted by atomic mass is 10.3. The van der Waals surface area contributed by atoms with Crippen molar-refractivity contribution >= 4 is 5.97 Å². The van der Waals surface area contributed by atoms with Gasteiger partial charge in [-0.1, -0.05) is 0 Å². The average Bonchev–Trinajstić information content (AvgIpc) is 2.05. The molecule has 4 nitrogen and oxygen atoms in total. The van der Waals surface area contributed by atoms with E-state index in [0.717, 1.165) is 0 Å². The molecule has 0 unspecified atom stereocenters. The zero-order chi connectivity index (χ0) is 9.40. The molecule has 0 aliphatic carbocycles. The summed E-state index contributed by atoms with van der Waals surface area (Å²) >= 11 is 0. The Morgan fingerprint density at radius 2 is 2.17 bits per heavy atom. The van der Waals surface area contributed by atoms with Gasteiger partial charge in [-0.15, -0.1) is 0 Å². The summed E-state index contributed by atoms with van der Waals surface area (Å²) in [6.45, 7) is 3.87. The van der Waals surface area contributed by atoms with E-state index in [2.05, 4.69) is 4.74 Å². The summed E-state index contributed by atoms with van der Waals surface area (Å²) in [5.74, 6) is -0.367. The summed E-state index contributed by atoms with van der Waals surface area (Å²) in [5.41, 5.74) is 0.425. The van der Waals surface area contributed by atoms with Crippen molar-refractivity contribution < 1.29 is 19.0 Å². The molecular formula is C8H14O4. The fourth-order valence-electron chi connectivity index (χ4n) is 0.520. The maximum Gasteiger partial charge on any atom is 0.336 e. The van der Waals surface area contributed by atoms with E-state index in [9.17, 15) is 4.79 Å². The average molecular weight is 174 g/mol. The third-order valence-corrected chi connectivity index (χ3v) is 1.04. The van der Waals surface area contributed by atoms with Crippen LogP contribution < -0.4 is 0 Å². The lowest BCUT2D eigenvalue weighted by Gasteiger charge is -2.02. The highest BCUT2D eigenvalue weighted by Gasteiger charge is 2.03. The Labute approximate surface area is 72.1 Å². The van der Waals surface area contributed by atoms with E-state index < -0.39 is 0 Å². The highest BCUT2D eigenvalue weighted by atomic mass is 16.7. The van der Waals surface area contributed by atoms with Gasteiger partial charge in [0.05, 0.1) is 18.4 Å². The Bertz CT molecular complexity index is 162. The van der Waals surface area contributed by atoms with Crippen LogP contribution in [0.25, 0.3) is 0 Å². The Kier molecular flexibility index (Phi) is 6.09. The minimum atomic E-state index is -0.367. The maximum atomic E-state index is 10.9. The number of hydrogen-bond donors (Lipinski definition) is 0.